The Balaban J connectivity index is 2.83. The Morgan fingerprint density at radius 2 is 1.75 bits per heavy atom. The summed E-state index contributed by atoms with van der Waals surface area (Å²) in [5.74, 6) is 0. The zero-order chi connectivity index (χ0) is 9.19. The number of hydrogen-bond acceptors (Lipinski definition) is 1. The maximum atomic E-state index is 5.63. The molecule has 1 rings (SSSR count). The van der Waals surface area contributed by atoms with E-state index >= 15 is 0 Å². The zero-order valence-electron chi connectivity index (χ0n) is 6.35. The van der Waals surface area contributed by atoms with Gasteiger partial charge in [-0.1, -0.05) is 64.8 Å². The van der Waals surface area contributed by atoms with Crippen LogP contribution in [0.2, 0.25) is 0 Å². The summed E-state index contributed by atoms with van der Waals surface area (Å²) < 4.78 is -1.27. The third kappa shape index (κ3) is 3.44. The van der Waals surface area contributed by atoms with E-state index in [1.807, 2.05) is 31.2 Å². The molecule has 0 bridgehead atoms. The third-order valence-electron chi connectivity index (χ3n) is 1.32. The fourth-order valence-electron chi connectivity index (χ4n) is 0.796. The van der Waals surface area contributed by atoms with Crippen LogP contribution < -0.4 is 0 Å². The van der Waals surface area contributed by atoms with Crippen molar-refractivity contribution in [1.82, 2.24) is 0 Å². The van der Waals surface area contributed by atoms with Crippen molar-refractivity contribution in [2.45, 2.75) is 14.9 Å². The van der Waals surface area contributed by atoms with Gasteiger partial charge in [-0.2, -0.15) is 0 Å². The van der Waals surface area contributed by atoms with Crippen molar-refractivity contribution in [3.05, 3.63) is 29.8 Å². The molecule has 0 aliphatic rings. The van der Waals surface area contributed by atoms with Crippen LogP contribution in [0, 0.1) is 6.92 Å². The first-order valence-corrected chi connectivity index (χ1v) is 5.25. The number of benzene rings is 1. The summed E-state index contributed by atoms with van der Waals surface area (Å²) in [6.07, 6.45) is 0. The molecule has 0 radical (unpaired) electrons. The minimum Gasteiger partial charge on any atom is -0.0714 e. The van der Waals surface area contributed by atoms with Gasteiger partial charge in [0, 0.05) is 4.90 Å². The summed E-state index contributed by atoms with van der Waals surface area (Å²) in [6, 6.07) is 7.80. The Labute approximate surface area is 91.2 Å². The minimum atomic E-state index is -1.27. The van der Waals surface area contributed by atoms with E-state index in [9.17, 15) is 0 Å². The van der Waals surface area contributed by atoms with Crippen molar-refractivity contribution in [2.24, 2.45) is 0 Å². The van der Waals surface area contributed by atoms with Crippen LogP contribution in [0.5, 0.6) is 0 Å². The summed E-state index contributed by atoms with van der Waals surface area (Å²) >= 11 is 18.1. The molecule has 0 unspecified atom stereocenters. The van der Waals surface area contributed by atoms with E-state index in [2.05, 4.69) is 0 Å². The summed E-state index contributed by atoms with van der Waals surface area (Å²) in [5, 5.41) is 0. The number of hydrogen-bond donors (Lipinski definition) is 0. The highest BCUT2D eigenvalue weighted by atomic mass is 35.6. The van der Waals surface area contributed by atoms with Gasteiger partial charge in [0.1, 0.15) is 0 Å². The van der Waals surface area contributed by atoms with Crippen molar-refractivity contribution in [3.63, 3.8) is 0 Å². The molecule has 0 saturated heterocycles. The van der Waals surface area contributed by atoms with Crippen molar-refractivity contribution in [2.75, 3.05) is 0 Å². The molecule has 0 heterocycles. The van der Waals surface area contributed by atoms with Gasteiger partial charge in [-0.05, 0) is 18.6 Å². The zero-order valence-corrected chi connectivity index (χ0v) is 9.44. The fraction of sp³-hybridized carbons (Fsp3) is 0.250. The van der Waals surface area contributed by atoms with Crippen LogP contribution in [0.15, 0.2) is 29.2 Å². The molecule has 4 heteroatoms. The minimum absolute atomic E-state index is 0.998. The molecular weight excluding hydrogens is 235 g/mol. The average molecular weight is 242 g/mol. The highest BCUT2D eigenvalue weighted by Gasteiger charge is 2.21. The molecule has 0 atom stereocenters. The Bertz CT molecular complexity index is 267. The van der Waals surface area contributed by atoms with Crippen LogP contribution in [0.25, 0.3) is 0 Å². The van der Waals surface area contributed by atoms with Gasteiger partial charge in [-0.15, -0.1) is 0 Å². The largest absolute Gasteiger partial charge is 0.241 e. The van der Waals surface area contributed by atoms with E-state index in [0.29, 0.717) is 0 Å². The van der Waals surface area contributed by atoms with E-state index in [4.69, 9.17) is 34.8 Å². The van der Waals surface area contributed by atoms with Gasteiger partial charge >= 0.3 is 0 Å². The Hall–Kier alpha value is 0.440. The second-order valence-corrected chi connectivity index (χ2v) is 6.52. The number of alkyl halides is 3. The first-order valence-electron chi connectivity index (χ1n) is 3.30. The van der Waals surface area contributed by atoms with Crippen LogP contribution in [0.4, 0.5) is 0 Å². The molecule has 12 heavy (non-hydrogen) atoms. The summed E-state index contributed by atoms with van der Waals surface area (Å²) in [7, 11) is 0. The summed E-state index contributed by atoms with van der Waals surface area (Å²) in [6.45, 7) is 1.98. The van der Waals surface area contributed by atoms with E-state index < -0.39 is 3.12 Å². The normalized spacial score (nSPS) is 11.7. The molecule has 66 valence electrons. The Morgan fingerprint density at radius 3 is 2.25 bits per heavy atom. The molecule has 0 amide bonds. The SMILES string of the molecule is Cc1ccccc1SC(Cl)(Cl)Cl. The molecule has 0 aliphatic heterocycles. The first-order chi connectivity index (χ1) is 5.49. The topological polar surface area (TPSA) is 0 Å². The quantitative estimate of drug-likeness (QED) is 0.518. The molecular formula is C8H7Cl3S. The molecule has 0 aliphatic carbocycles. The number of rotatable bonds is 1. The van der Waals surface area contributed by atoms with Crippen molar-refractivity contribution in [1.29, 1.82) is 0 Å². The van der Waals surface area contributed by atoms with E-state index in [0.717, 1.165) is 10.5 Å². The fourth-order valence-corrected chi connectivity index (χ4v) is 2.17. The Morgan fingerprint density at radius 1 is 1.17 bits per heavy atom. The maximum Gasteiger partial charge on any atom is 0.241 e. The lowest BCUT2D eigenvalue weighted by molar-refractivity contribution is 1.30. The second kappa shape index (κ2) is 4.10. The van der Waals surface area contributed by atoms with Gasteiger partial charge in [0.25, 0.3) is 0 Å². The van der Waals surface area contributed by atoms with E-state index in [1.165, 1.54) is 11.8 Å². The van der Waals surface area contributed by atoms with Gasteiger partial charge in [0.15, 0.2) is 0 Å². The number of halogens is 3. The average Bonchev–Trinajstić information content (AvgIpc) is 1.91. The molecule has 1 aromatic carbocycles. The van der Waals surface area contributed by atoms with Gasteiger partial charge in [-0.3, -0.25) is 0 Å². The van der Waals surface area contributed by atoms with Crippen LogP contribution in [-0.2, 0) is 0 Å². The van der Waals surface area contributed by atoms with Crippen molar-refractivity contribution >= 4 is 46.6 Å². The highest BCUT2D eigenvalue weighted by Crippen LogP contribution is 2.44. The lowest BCUT2D eigenvalue weighted by Crippen LogP contribution is -1.94. The Kier molecular flexibility index (Phi) is 3.59. The standard InChI is InChI=1S/C8H7Cl3S/c1-6-4-2-3-5-7(6)12-8(9,10)11/h2-5H,1H3. The number of aryl methyl sites for hydroxylation is 1. The monoisotopic (exact) mass is 240 g/mol. The third-order valence-corrected chi connectivity index (χ3v) is 2.92. The summed E-state index contributed by atoms with van der Waals surface area (Å²) in [5.41, 5.74) is 1.12. The van der Waals surface area contributed by atoms with Crippen LogP contribution in [-0.4, -0.2) is 3.12 Å². The predicted molar refractivity (Wildman–Crippen MR) is 57.3 cm³/mol. The van der Waals surface area contributed by atoms with Crippen LogP contribution in [0.1, 0.15) is 5.56 Å². The van der Waals surface area contributed by atoms with Gasteiger partial charge in [-0.25, -0.2) is 0 Å². The highest BCUT2D eigenvalue weighted by molar-refractivity contribution is 8.04. The van der Waals surface area contributed by atoms with Gasteiger partial charge in [0.05, 0.1) is 0 Å². The number of thioether (sulfide) groups is 1. The van der Waals surface area contributed by atoms with Crippen LogP contribution in [0.3, 0.4) is 0 Å². The van der Waals surface area contributed by atoms with Gasteiger partial charge in [0.2, 0.25) is 3.12 Å². The van der Waals surface area contributed by atoms with Crippen molar-refractivity contribution < 1.29 is 0 Å². The second-order valence-electron chi connectivity index (χ2n) is 2.31. The lowest BCUT2D eigenvalue weighted by Gasteiger charge is -2.11. The summed E-state index contributed by atoms with van der Waals surface area (Å²) in [4.78, 5) is 0.998. The first kappa shape index (κ1) is 10.5. The van der Waals surface area contributed by atoms with E-state index in [1.54, 1.807) is 0 Å². The van der Waals surface area contributed by atoms with E-state index in [-0.39, 0.29) is 0 Å². The smallest absolute Gasteiger partial charge is 0.0714 e. The molecule has 0 aromatic heterocycles. The molecule has 0 nitrogen and oxygen atoms in total. The lowest BCUT2D eigenvalue weighted by atomic mass is 10.2. The molecule has 0 saturated carbocycles. The van der Waals surface area contributed by atoms with Gasteiger partial charge < -0.3 is 0 Å². The van der Waals surface area contributed by atoms with Crippen LogP contribution >= 0.6 is 46.6 Å². The molecule has 0 N–H and O–H groups in total. The van der Waals surface area contributed by atoms with Crippen molar-refractivity contribution in [3.8, 4) is 0 Å². The molecule has 0 spiro atoms. The molecule has 1 aromatic rings. The maximum absolute atomic E-state index is 5.63. The predicted octanol–water partition coefficient (Wildman–Crippen LogP) is 4.41. The molecule has 0 fully saturated rings.